The quantitative estimate of drug-likeness (QED) is 0.265. The van der Waals surface area contributed by atoms with Gasteiger partial charge in [-0.2, -0.15) is 0 Å². The molecule has 0 aliphatic carbocycles. The maximum absolute atomic E-state index is 12.6. The van der Waals surface area contributed by atoms with Gasteiger partial charge in [0.1, 0.15) is 11.2 Å². The number of aryl methyl sites for hydroxylation is 1. The minimum absolute atomic E-state index is 0.133. The van der Waals surface area contributed by atoms with Crippen molar-refractivity contribution in [2.24, 2.45) is 0 Å². The van der Waals surface area contributed by atoms with E-state index in [1.165, 1.54) is 6.92 Å². The Kier molecular flexibility index (Phi) is 6.84. The third kappa shape index (κ3) is 5.33. The van der Waals surface area contributed by atoms with Crippen LogP contribution in [0, 0.1) is 6.92 Å². The third-order valence-electron chi connectivity index (χ3n) is 7.42. The number of ether oxygens (including phenoxy) is 1. The second kappa shape index (κ2) is 11.1. The van der Waals surface area contributed by atoms with Crippen LogP contribution < -0.4 is 15.1 Å². The summed E-state index contributed by atoms with van der Waals surface area (Å²) in [6, 6.07) is 17.7. The summed E-state index contributed by atoms with van der Waals surface area (Å²) >= 11 is 0. The molecule has 0 spiro atoms. The zero-order chi connectivity index (χ0) is 29.3. The highest BCUT2D eigenvalue weighted by molar-refractivity contribution is 6.00. The molecule has 1 amide bonds. The van der Waals surface area contributed by atoms with E-state index in [0.29, 0.717) is 28.4 Å². The molecule has 0 atom stereocenters. The van der Waals surface area contributed by atoms with Crippen molar-refractivity contribution in [3.05, 3.63) is 85.1 Å². The maximum Gasteiger partial charge on any atom is 0.228 e. The van der Waals surface area contributed by atoms with Crippen LogP contribution in [0.15, 0.2) is 79.4 Å². The first kappa shape index (κ1) is 26.5. The van der Waals surface area contributed by atoms with Gasteiger partial charge < -0.3 is 19.9 Å². The van der Waals surface area contributed by atoms with Crippen molar-refractivity contribution in [3.63, 3.8) is 0 Å². The first-order chi connectivity index (χ1) is 21.0. The summed E-state index contributed by atoms with van der Waals surface area (Å²) in [6.45, 7) is 6.62. The van der Waals surface area contributed by atoms with Crippen LogP contribution in [0.5, 0.6) is 0 Å². The first-order valence-corrected chi connectivity index (χ1v) is 14.1. The van der Waals surface area contributed by atoms with Crippen LogP contribution >= 0.6 is 0 Å². The molecule has 6 heterocycles. The molecule has 5 aromatic heterocycles. The van der Waals surface area contributed by atoms with Gasteiger partial charge in [-0.15, -0.1) is 0 Å². The molecule has 1 saturated heterocycles. The molecule has 0 saturated carbocycles. The number of amides is 1. The molecule has 0 bridgehead atoms. The summed E-state index contributed by atoms with van der Waals surface area (Å²) in [6.07, 6.45) is 6.93. The summed E-state index contributed by atoms with van der Waals surface area (Å²) < 4.78 is 5.51. The fourth-order valence-corrected chi connectivity index (χ4v) is 5.34. The number of aromatic amines is 1. The summed E-state index contributed by atoms with van der Waals surface area (Å²) in [5.74, 6) is 0.455. The zero-order valence-corrected chi connectivity index (χ0v) is 23.8. The fourth-order valence-electron chi connectivity index (χ4n) is 5.34. The number of pyridine rings is 4. The molecule has 11 heteroatoms. The summed E-state index contributed by atoms with van der Waals surface area (Å²) in [5.41, 5.74) is 7.95. The van der Waals surface area contributed by atoms with Gasteiger partial charge >= 0.3 is 0 Å². The molecular formula is C32H29N9O2. The smallest absolute Gasteiger partial charge is 0.228 e. The van der Waals surface area contributed by atoms with E-state index in [4.69, 9.17) is 9.72 Å². The molecule has 6 aromatic rings. The van der Waals surface area contributed by atoms with Gasteiger partial charge in [0.15, 0.2) is 11.5 Å². The molecule has 0 unspecified atom stereocenters. The molecule has 0 radical (unpaired) electrons. The van der Waals surface area contributed by atoms with Gasteiger partial charge in [-0.1, -0.05) is 0 Å². The van der Waals surface area contributed by atoms with Crippen LogP contribution in [0.1, 0.15) is 12.6 Å². The lowest BCUT2D eigenvalue weighted by Gasteiger charge is -2.29. The van der Waals surface area contributed by atoms with Crippen molar-refractivity contribution in [3.8, 4) is 11.5 Å². The Bertz CT molecular complexity index is 1950. The number of rotatable bonds is 6. The van der Waals surface area contributed by atoms with E-state index >= 15 is 0 Å². The lowest BCUT2D eigenvalue weighted by Crippen LogP contribution is -2.36. The number of nitrogens with one attached hydrogen (secondary N) is 2. The predicted molar refractivity (Wildman–Crippen MR) is 167 cm³/mol. The summed E-state index contributed by atoms with van der Waals surface area (Å²) in [5, 5.41) is 4.54. The van der Waals surface area contributed by atoms with Gasteiger partial charge in [0.05, 0.1) is 48.2 Å². The average Bonchev–Trinajstić information content (AvgIpc) is 3.45. The van der Waals surface area contributed by atoms with Gasteiger partial charge in [0, 0.05) is 54.9 Å². The lowest BCUT2D eigenvalue weighted by atomic mass is 10.1. The van der Waals surface area contributed by atoms with E-state index in [-0.39, 0.29) is 5.91 Å². The number of carbonyl (C=O) groups excluding carboxylic acids is 1. The van der Waals surface area contributed by atoms with E-state index in [9.17, 15) is 4.79 Å². The predicted octanol–water partition coefficient (Wildman–Crippen LogP) is 5.54. The largest absolute Gasteiger partial charge is 0.378 e. The topological polar surface area (TPSA) is 125 Å². The van der Waals surface area contributed by atoms with E-state index in [2.05, 4.69) is 53.3 Å². The molecule has 7 rings (SSSR count). The molecule has 214 valence electrons. The fraction of sp³-hybridized carbons (Fsp3) is 0.188. The SMILES string of the molecule is CC(=O)N(c1ccnc(C)c1)c1cnc2[nH]c(-c3ccc(Nc4ccnc5ccc(N6CCOCC6)cc45)cn3)nc2c1. The lowest BCUT2D eigenvalue weighted by molar-refractivity contribution is -0.115. The van der Waals surface area contributed by atoms with Crippen molar-refractivity contribution < 1.29 is 9.53 Å². The van der Waals surface area contributed by atoms with Crippen molar-refractivity contribution in [1.29, 1.82) is 0 Å². The van der Waals surface area contributed by atoms with Crippen molar-refractivity contribution in [1.82, 2.24) is 29.9 Å². The molecule has 43 heavy (non-hydrogen) atoms. The number of benzene rings is 1. The number of hydrogen-bond donors (Lipinski definition) is 2. The molecular weight excluding hydrogens is 542 g/mol. The number of aromatic nitrogens is 6. The number of H-pyrrole nitrogens is 1. The Labute approximate surface area is 247 Å². The van der Waals surface area contributed by atoms with Gasteiger partial charge in [0.2, 0.25) is 5.91 Å². The minimum Gasteiger partial charge on any atom is -0.378 e. The molecule has 1 aliphatic heterocycles. The number of morpholine rings is 1. The number of imidazole rings is 1. The molecule has 1 aromatic carbocycles. The van der Waals surface area contributed by atoms with Crippen molar-refractivity contribution in [2.45, 2.75) is 13.8 Å². The Morgan fingerprint density at radius 2 is 1.77 bits per heavy atom. The number of anilines is 5. The number of carbonyl (C=O) groups is 1. The third-order valence-corrected chi connectivity index (χ3v) is 7.42. The Hall–Kier alpha value is -5.42. The van der Waals surface area contributed by atoms with Crippen LogP contribution in [0.3, 0.4) is 0 Å². The van der Waals surface area contributed by atoms with Gasteiger partial charge in [-0.25, -0.2) is 9.97 Å². The first-order valence-electron chi connectivity index (χ1n) is 14.1. The van der Waals surface area contributed by atoms with Gasteiger partial charge in [0.25, 0.3) is 0 Å². The van der Waals surface area contributed by atoms with Crippen LogP contribution in [-0.2, 0) is 9.53 Å². The highest BCUT2D eigenvalue weighted by Gasteiger charge is 2.18. The number of hydrogen-bond acceptors (Lipinski definition) is 9. The highest BCUT2D eigenvalue weighted by Crippen LogP contribution is 2.31. The average molecular weight is 572 g/mol. The van der Waals surface area contributed by atoms with Crippen molar-refractivity contribution in [2.75, 3.05) is 41.4 Å². The Morgan fingerprint density at radius 3 is 2.56 bits per heavy atom. The van der Waals surface area contributed by atoms with Crippen LogP contribution in [0.4, 0.5) is 28.4 Å². The van der Waals surface area contributed by atoms with Gasteiger partial charge in [-0.05, 0) is 61.5 Å². The molecule has 1 fully saturated rings. The maximum atomic E-state index is 12.6. The second-order valence-electron chi connectivity index (χ2n) is 10.4. The van der Waals surface area contributed by atoms with Crippen LogP contribution in [0.25, 0.3) is 33.6 Å². The monoisotopic (exact) mass is 571 g/mol. The Morgan fingerprint density at radius 1 is 0.907 bits per heavy atom. The normalized spacial score (nSPS) is 13.4. The highest BCUT2D eigenvalue weighted by atomic mass is 16.5. The standard InChI is InChI=1S/C32H29N9O2/c1-20-15-24(7-9-33-20)41(21(2)42)25-17-30-31(36-19-25)39-32(38-30)29-5-3-22(18-35-29)37-28-8-10-34-27-6-4-23(16-26(27)28)40-11-13-43-14-12-40/h3-10,15-19H,11-14H2,1-2H3,(H,34,37)(H,36,38,39). The van der Waals surface area contributed by atoms with Crippen molar-refractivity contribution >= 4 is 56.4 Å². The molecule has 2 N–H and O–H groups in total. The number of fused-ring (bicyclic) bond motifs is 2. The number of nitrogens with zero attached hydrogens (tertiary/aromatic N) is 7. The van der Waals surface area contributed by atoms with Crippen LogP contribution in [0.2, 0.25) is 0 Å². The molecule has 11 nitrogen and oxygen atoms in total. The van der Waals surface area contributed by atoms with E-state index in [1.54, 1.807) is 35.8 Å². The summed E-state index contributed by atoms with van der Waals surface area (Å²) in [4.78, 5) is 42.5. The minimum atomic E-state index is -0.133. The summed E-state index contributed by atoms with van der Waals surface area (Å²) in [7, 11) is 0. The van der Waals surface area contributed by atoms with E-state index in [0.717, 1.165) is 65.6 Å². The van der Waals surface area contributed by atoms with Gasteiger partial charge in [-0.3, -0.25) is 24.6 Å². The zero-order valence-electron chi connectivity index (χ0n) is 23.8. The van der Waals surface area contributed by atoms with E-state index < -0.39 is 0 Å². The van der Waals surface area contributed by atoms with E-state index in [1.807, 2.05) is 37.3 Å². The molecule has 1 aliphatic rings. The Balaban J connectivity index is 1.14. The second-order valence-corrected chi connectivity index (χ2v) is 10.4. The van der Waals surface area contributed by atoms with Crippen LogP contribution in [-0.4, -0.2) is 62.1 Å².